The Bertz CT molecular complexity index is 178. The molecule has 0 aromatic rings. The number of rotatable bonds is 8. The van der Waals surface area contributed by atoms with Gasteiger partial charge in [-0.05, 0) is 37.6 Å². The fourth-order valence-corrected chi connectivity index (χ4v) is 1.53. The number of carbonyl (C=O) groups is 1. The second kappa shape index (κ2) is 7.69. The van der Waals surface area contributed by atoms with Gasteiger partial charge in [0.25, 0.3) is 0 Å². The van der Waals surface area contributed by atoms with E-state index < -0.39 is 5.97 Å². The molecule has 0 fully saturated rings. The van der Waals surface area contributed by atoms with Crippen LogP contribution in [0.5, 0.6) is 0 Å². The van der Waals surface area contributed by atoms with E-state index in [4.69, 9.17) is 5.11 Å². The predicted molar refractivity (Wildman–Crippen MR) is 63.0 cm³/mol. The minimum Gasteiger partial charge on any atom is -0.480 e. The summed E-state index contributed by atoms with van der Waals surface area (Å²) in [4.78, 5) is 10.9. The standard InChI is InChI=1S/C12H25NO2/c1-9(2)6-5-7-13-11(12(14)15)8-10(3)4/h9-11,13H,5-8H2,1-4H3,(H,14,15). The van der Waals surface area contributed by atoms with E-state index in [0.29, 0.717) is 18.3 Å². The number of carboxylic acid groups (broad SMARTS) is 1. The first-order valence-corrected chi connectivity index (χ1v) is 5.89. The average Bonchev–Trinajstić information content (AvgIpc) is 2.08. The summed E-state index contributed by atoms with van der Waals surface area (Å²) in [6.07, 6.45) is 2.91. The van der Waals surface area contributed by atoms with E-state index in [0.717, 1.165) is 19.4 Å². The Labute approximate surface area is 93.3 Å². The molecule has 0 saturated carbocycles. The molecule has 0 aliphatic carbocycles. The molecule has 3 heteroatoms. The van der Waals surface area contributed by atoms with E-state index in [1.807, 2.05) is 13.8 Å². The number of hydrogen-bond acceptors (Lipinski definition) is 2. The van der Waals surface area contributed by atoms with Gasteiger partial charge in [-0.25, -0.2) is 0 Å². The summed E-state index contributed by atoms with van der Waals surface area (Å²) in [5.41, 5.74) is 0. The molecule has 0 bridgehead atoms. The molecular weight excluding hydrogens is 190 g/mol. The third kappa shape index (κ3) is 8.43. The molecule has 0 rings (SSSR count). The number of hydrogen-bond donors (Lipinski definition) is 2. The van der Waals surface area contributed by atoms with Gasteiger partial charge in [0.1, 0.15) is 6.04 Å². The van der Waals surface area contributed by atoms with Crippen LogP contribution in [0.15, 0.2) is 0 Å². The smallest absolute Gasteiger partial charge is 0.320 e. The van der Waals surface area contributed by atoms with Gasteiger partial charge in [0, 0.05) is 0 Å². The van der Waals surface area contributed by atoms with Gasteiger partial charge in [0.05, 0.1) is 0 Å². The fraction of sp³-hybridized carbons (Fsp3) is 0.917. The number of carboxylic acids is 1. The minimum absolute atomic E-state index is 0.378. The van der Waals surface area contributed by atoms with E-state index in [1.54, 1.807) is 0 Å². The molecule has 15 heavy (non-hydrogen) atoms. The first-order chi connectivity index (χ1) is 6.93. The Morgan fingerprint density at radius 3 is 2.20 bits per heavy atom. The molecule has 0 saturated heterocycles. The van der Waals surface area contributed by atoms with Crippen LogP contribution in [0.3, 0.4) is 0 Å². The summed E-state index contributed by atoms with van der Waals surface area (Å²) < 4.78 is 0. The largest absolute Gasteiger partial charge is 0.480 e. The van der Waals surface area contributed by atoms with Crippen LogP contribution in [-0.2, 0) is 4.79 Å². The Morgan fingerprint density at radius 1 is 1.20 bits per heavy atom. The van der Waals surface area contributed by atoms with E-state index in [1.165, 1.54) is 0 Å². The lowest BCUT2D eigenvalue weighted by molar-refractivity contribution is -0.139. The lowest BCUT2D eigenvalue weighted by Crippen LogP contribution is -2.38. The van der Waals surface area contributed by atoms with Gasteiger partial charge in [-0.15, -0.1) is 0 Å². The van der Waals surface area contributed by atoms with E-state index in [-0.39, 0.29) is 6.04 Å². The van der Waals surface area contributed by atoms with Gasteiger partial charge in [-0.3, -0.25) is 4.79 Å². The molecule has 2 N–H and O–H groups in total. The van der Waals surface area contributed by atoms with Crippen LogP contribution in [-0.4, -0.2) is 23.7 Å². The van der Waals surface area contributed by atoms with Crippen molar-refractivity contribution < 1.29 is 9.90 Å². The van der Waals surface area contributed by atoms with Crippen molar-refractivity contribution in [3.05, 3.63) is 0 Å². The zero-order valence-electron chi connectivity index (χ0n) is 10.4. The Morgan fingerprint density at radius 2 is 1.80 bits per heavy atom. The molecule has 1 atom stereocenters. The van der Waals surface area contributed by atoms with E-state index in [2.05, 4.69) is 19.2 Å². The number of nitrogens with one attached hydrogen (secondary N) is 1. The van der Waals surface area contributed by atoms with Crippen molar-refractivity contribution in [2.75, 3.05) is 6.54 Å². The lowest BCUT2D eigenvalue weighted by atomic mass is 10.0. The molecule has 0 aromatic heterocycles. The summed E-state index contributed by atoms with van der Waals surface area (Å²) in [5, 5.41) is 12.1. The highest BCUT2D eigenvalue weighted by atomic mass is 16.4. The maximum Gasteiger partial charge on any atom is 0.320 e. The molecular formula is C12H25NO2. The quantitative estimate of drug-likeness (QED) is 0.612. The van der Waals surface area contributed by atoms with Crippen LogP contribution >= 0.6 is 0 Å². The van der Waals surface area contributed by atoms with Crippen molar-refractivity contribution in [1.82, 2.24) is 5.32 Å². The highest BCUT2D eigenvalue weighted by molar-refractivity contribution is 5.73. The van der Waals surface area contributed by atoms with Gasteiger partial charge in [-0.1, -0.05) is 27.7 Å². The second-order valence-electron chi connectivity index (χ2n) is 5.01. The molecule has 0 heterocycles. The fourth-order valence-electron chi connectivity index (χ4n) is 1.53. The topological polar surface area (TPSA) is 49.3 Å². The van der Waals surface area contributed by atoms with Crippen LogP contribution in [0.2, 0.25) is 0 Å². The Balaban J connectivity index is 3.72. The second-order valence-corrected chi connectivity index (χ2v) is 5.01. The van der Waals surface area contributed by atoms with Crippen molar-refractivity contribution in [1.29, 1.82) is 0 Å². The monoisotopic (exact) mass is 215 g/mol. The summed E-state index contributed by atoms with van der Waals surface area (Å²) in [7, 11) is 0. The zero-order valence-corrected chi connectivity index (χ0v) is 10.4. The summed E-state index contributed by atoms with van der Waals surface area (Å²) in [6.45, 7) is 9.27. The zero-order chi connectivity index (χ0) is 11.8. The number of aliphatic carboxylic acids is 1. The van der Waals surface area contributed by atoms with Crippen LogP contribution in [0.25, 0.3) is 0 Å². The van der Waals surface area contributed by atoms with Crippen LogP contribution in [0.4, 0.5) is 0 Å². The normalized spacial score (nSPS) is 13.5. The van der Waals surface area contributed by atoms with Crippen molar-refractivity contribution in [3.8, 4) is 0 Å². The minimum atomic E-state index is -0.728. The van der Waals surface area contributed by atoms with Crippen molar-refractivity contribution in [2.24, 2.45) is 11.8 Å². The molecule has 0 radical (unpaired) electrons. The highest BCUT2D eigenvalue weighted by Crippen LogP contribution is 2.06. The third-order valence-corrected chi connectivity index (χ3v) is 2.35. The molecule has 0 spiro atoms. The van der Waals surface area contributed by atoms with Crippen molar-refractivity contribution >= 4 is 5.97 Å². The molecule has 3 nitrogen and oxygen atoms in total. The summed E-state index contributed by atoms with van der Waals surface area (Å²) in [6, 6.07) is -0.378. The molecule has 90 valence electrons. The first-order valence-electron chi connectivity index (χ1n) is 5.89. The van der Waals surface area contributed by atoms with Gasteiger partial charge < -0.3 is 10.4 Å². The molecule has 0 amide bonds. The van der Waals surface area contributed by atoms with E-state index in [9.17, 15) is 4.79 Å². The molecule has 0 aliphatic rings. The maximum absolute atomic E-state index is 10.9. The van der Waals surface area contributed by atoms with Crippen molar-refractivity contribution in [2.45, 2.75) is 53.0 Å². The van der Waals surface area contributed by atoms with Gasteiger partial charge in [0.15, 0.2) is 0 Å². The molecule has 1 unspecified atom stereocenters. The van der Waals surface area contributed by atoms with Gasteiger partial charge in [-0.2, -0.15) is 0 Å². The summed E-state index contributed by atoms with van der Waals surface area (Å²) >= 11 is 0. The van der Waals surface area contributed by atoms with Gasteiger partial charge >= 0.3 is 5.97 Å². The van der Waals surface area contributed by atoms with Gasteiger partial charge in [0.2, 0.25) is 0 Å². The highest BCUT2D eigenvalue weighted by Gasteiger charge is 2.17. The van der Waals surface area contributed by atoms with Crippen LogP contribution < -0.4 is 5.32 Å². The third-order valence-electron chi connectivity index (χ3n) is 2.35. The predicted octanol–water partition coefficient (Wildman–Crippen LogP) is 2.51. The average molecular weight is 215 g/mol. The van der Waals surface area contributed by atoms with Crippen LogP contribution in [0.1, 0.15) is 47.0 Å². The SMILES string of the molecule is CC(C)CCCNC(CC(C)C)C(=O)O. The lowest BCUT2D eigenvalue weighted by Gasteiger charge is -2.16. The Kier molecular flexibility index (Phi) is 7.39. The van der Waals surface area contributed by atoms with E-state index >= 15 is 0 Å². The molecule has 0 aliphatic heterocycles. The first kappa shape index (κ1) is 14.4. The van der Waals surface area contributed by atoms with Crippen LogP contribution in [0, 0.1) is 11.8 Å². The molecule has 0 aromatic carbocycles. The maximum atomic E-state index is 10.9. The Hall–Kier alpha value is -0.570. The van der Waals surface area contributed by atoms with Crippen molar-refractivity contribution in [3.63, 3.8) is 0 Å². The summed E-state index contributed by atoms with van der Waals surface area (Å²) in [5.74, 6) is 0.386.